The Balaban J connectivity index is 1.52. The molecule has 1 heterocycles. The van der Waals surface area contributed by atoms with Gasteiger partial charge in [-0.3, -0.25) is 14.7 Å². The van der Waals surface area contributed by atoms with Gasteiger partial charge in [0, 0.05) is 28.9 Å². The van der Waals surface area contributed by atoms with Gasteiger partial charge in [-0.25, -0.2) is 9.79 Å². The summed E-state index contributed by atoms with van der Waals surface area (Å²) in [6.45, 7) is 0.365. The van der Waals surface area contributed by atoms with Crippen LogP contribution in [0, 0.1) is 0 Å². The van der Waals surface area contributed by atoms with Gasteiger partial charge in [0.25, 0.3) is 5.91 Å². The molecule has 0 saturated heterocycles. The number of carbonyl (C=O) groups is 1. The molecule has 0 bridgehead atoms. The fraction of sp³-hybridized carbons (Fsp3) is 0.107. The zero-order chi connectivity index (χ0) is 25.8. The molecule has 1 amide bonds. The van der Waals surface area contributed by atoms with E-state index >= 15 is 0 Å². The van der Waals surface area contributed by atoms with Crippen LogP contribution in [0.15, 0.2) is 99.2 Å². The number of aromatic nitrogens is 2. The third kappa shape index (κ3) is 5.63. The highest BCUT2D eigenvalue weighted by atomic mass is 79.9. The predicted molar refractivity (Wildman–Crippen MR) is 151 cm³/mol. The Hall–Kier alpha value is -4.21. The Morgan fingerprint density at radius 1 is 0.973 bits per heavy atom. The number of anilines is 1. The van der Waals surface area contributed by atoms with Gasteiger partial charge < -0.3 is 15.4 Å². The largest absolute Gasteiger partial charge is 0.396 e. The topological polar surface area (TPSA) is 112 Å². The van der Waals surface area contributed by atoms with E-state index in [-0.39, 0.29) is 24.2 Å². The number of nitrogens with zero attached hydrogens (tertiary/aromatic N) is 2. The SMILES string of the molecule is O=C(NC(=Nc1ccc2[nH]c(=O)n(CCCO)c2c1)Nc1ccc2ccccc2c1)c1ccc(Br)cc1. The molecule has 0 aliphatic heterocycles. The van der Waals surface area contributed by atoms with Gasteiger partial charge in [0.2, 0.25) is 5.96 Å². The van der Waals surface area contributed by atoms with Crippen molar-refractivity contribution in [2.45, 2.75) is 13.0 Å². The lowest BCUT2D eigenvalue weighted by molar-refractivity contribution is 0.0977. The summed E-state index contributed by atoms with van der Waals surface area (Å²) in [5.41, 5.74) is 2.88. The van der Waals surface area contributed by atoms with Crippen molar-refractivity contribution in [2.24, 2.45) is 4.99 Å². The first-order valence-electron chi connectivity index (χ1n) is 11.7. The lowest BCUT2D eigenvalue weighted by Gasteiger charge is -2.13. The fourth-order valence-electron chi connectivity index (χ4n) is 4.06. The van der Waals surface area contributed by atoms with E-state index in [0.717, 1.165) is 20.9 Å². The van der Waals surface area contributed by atoms with E-state index < -0.39 is 0 Å². The van der Waals surface area contributed by atoms with Crippen molar-refractivity contribution in [1.82, 2.24) is 14.9 Å². The van der Waals surface area contributed by atoms with Crippen molar-refractivity contribution < 1.29 is 9.90 Å². The number of benzene rings is 4. The lowest BCUT2D eigenvalue weighted by atomic mass is 10.1. The number of aromatic amines is 1. The zero-order valence-corrected chi connectivity index (χ0v) is 21.3. The van der Waals surface area contributed by atoms with Gasteiger partial charge in [-0.1, -0.05) is 46.3 Å². The number of nitrogens with one attached hydrogen (secondary N) is 3. The van der Waals surface area contributed by atoms with Crippen molar-refractivity contribution in [3.8, 4) is 0 Å². The minimum Gasteiger partial charge on any atom is -0.396 e. The van der Waals surface area contributed by atoms with Gasteiger partial charge in [-0.15, -0.1) is 0 Å². The summed E-state index contributed by atoms with van der Waals surface area (Å²) in [6.07, 6.45) is 0.457. The minimum absolute atomic E-state index is 0.0150. The Labute approximate surface area is 220 Å². The number of hydrogen-bond acceptors (Lipinski definition) is 4. The first kappa shape index (κ1) is 24.5. The highest BCUT2D eigenvalue weighted by molar-refractivity contribution is 9.10. The molecule has 0 saturated carbocycles. The number of carbonyl (C=O) groups excluding carboxylic acids is 1. The number of amides is 1. The van der Waals surface area contributed by atoms with E-state index in [1.165, 1.54) is 0 Å². The van der Waals surface area contributed by atoms with Crippen molar-refractivity contribution in [3.63, 3.8) is 0 Å². The number of rotatable bonds is 6. The van der Waals surface area contributed by atoms with Crippen molar-refractivity contribution in [3.05, 3.63) is 105 Å². The first-order chi connectivity index (χ1) is 18.0. The van der Waals surface area contributed by atoms with Crippen LogP contribution >= 0.6 is 15.9 Å². The van der Waals surface area contributed by atoms with Gasteiger partial charge in [0.1, 0.15) is 0 Å². The number of guanidine groups is 1. The number of aliphatic hydroxyl groups is 1. The molecule has 4 aromatic carbocycles. The first-order valence-corrected chi connectivity index (χ1v) is 12.5. The highest BCUT2D eigenvalue weighted by Crippen LogP contribution is 2.22. The van der Waals surface area contributed by atoms with Crippen LogP contribution in [0.25, 0.3) is 21.8 Å². The molecule has 0 spiro atoms. The van der Waals surface area contributed by atoms with Gasteiger partial charge in [0.05, 0.1) is 16.7 Å². The molecule has 0 aliphatic rings. The molecule has 37 heavy (non-hydrogen) atoms. The van der Waals surface area contributed by atoms with Crippen LogP contribution in [0.3, 0.4) is 0 Å². The maximum absolute atomic E-state index is 13.0. The van der Waals surface area contributed by atoms with Gasteiger partial charge in [0.15, 0.2) is 0 Å². The summed E-state index contributed by atoms with van der Waals surface area (Å²) < 4.78 is 2.45. The van der Waals surface area contributed by atoms with E-state index in [9.17, 15) is 14.7 Å². The highest BCUT2D eigenvalue weighted by Gasteiger charge is 2.12. The van der Waals surface area contributed by atoms with Crippen LogP contribution in [0.5, 0.6) is 0 Å². The number of aliphatic imine (C=N–C) groups is 1. The van der Waals surface area contributed by atoms with Crippen molar-refractivity contribution in [2.75, 3.05) is 11.9 Å². The van der Waals surface area contributed by atoms with Crippen LogP contribution in [-0.4, -0.2) is 33.1 Å². The van der Waals surface area contributed by atoms with Gasteiger partial charge in [-0.05, 0) is 71.8 Å². The molecule has 9 heteroatoms. The molecule has 1 aromatic heterocycles. The summed E-state index contributed by atoms with van der Waals surface area (Å²) in [5.74, 6) is -0.0792. The third-order valence-electron chi connectivity index (χ3n) is 5.89. The number of hydrogen-bond donors (Lipinski definition) is 4. The number of fused-ring (bicyclic) bond motifs is 2. The van der Waals surface area contributed by atoms with E-state index in [1.54, 1.807) is 47.0 Å². The standard InChI is InChI=1S/C28H24BrN5O3/c29-21-9-6-19(7-10-21)26(36)33-27(30-22-11-8-18-4-1-2-5-20(18)16-22)31-23-12-13-24-25(17-23)34(14-3-15-35)28(37)32-24/h1-2,4-13,16-17,35H,3,14-15H2,(H,32,37)(H2,30,31,33,36). The molecular weight excluding hydrogens is 534 g/mol. The molecule has 4 N–H and O–H groups in total. The monoisotopic (exact) mass is 557 g/mol. The summed E-state index contributed by atoms with van der Waals surface area (Å²) in [7, 11) is 0. The average molecular weight is 558 g/mol. The smallest absolute Gasteiger partial charge is 0.326 e. The van der Waals surface area contributed by atoms with Gasteiger partial charge >= 0.3 is 5.69 Å². The minimum atomic E-state index is -0.317. The molecule has 8 nitrogen and oxygen atoms in total. The molecule has 0 aliphatic carbocycles. The molecule has 0 unspecified atom stereocenters. The van der Waals surface area contributed by atoms with Crippen LogP contribution in [0.2, 0.25) is 0 Å². The molecule has 186 valence electrons. The third-order valence-corrected chi connectivity index (χ3v) is 6.42. The maximum atomic E-state index is 13.0. The molecule has 0 atom stereocenters. The van der Waals surface area contributed by atoms with Gasteiger partial charge in [-0.2, -0.15) is 0 Å². The second-order valence-corrected chi connectivity index (χ2v) is 9.38. The second-order valence-electron chi connectivity index (χ2n) is 8.47. The second kappa shape index (κ2) is 10.8. The Morgan fingerprint density at radius 2 is 1.76 bits per heavy atom. The van der Waals surface area contributed by atoms with Crippen molar-refractivity contribution >= 4 is 61.0 Å². The predicted octanol–water partition coefficient (Wildman–Crippen LogP) is 5.16. The molecule has 0 radical (unpaired) electrons. The summed E-state index contributed by atoms with van der Waals surface area (Å²) in [4.78, 5) is 32.9. The Morgan fingerprint density at radius 3 is 2.54 bits per heavy atom. The quantitative estimate of drug-likeness (QED) is 0.171. The number of aliphatic hydroxyl groups excluding tert-OH is 1. The molecule has 5 rings (SSSR count). The summed E-state index contributed by atoms with van der Waals surface area (Å²) in [5, 5.41) is 17.5. The maximum Gasteiger partial charge on any atom is 0.326 e. The molecular formula is C28H24BrN5O3. The van der Waals surface area contributed by atoms with Crippen LogP contribution in [-0.2, 0) is 6.54 Å². The molecule has 0 fully saturated rings. The van der Waals surface area contributed by atoms with Crippen molar-refractivity contribution in [1.29, 1.82) is 0 Å². The van der Waals surface area contributed by atoms with E-state index in [0.29, 0.717) is 35.2 Å². The van der Waals surface area contributed by atoms with Crippen LogP contribution in [0.1, 0.15) is 16.8 Å². The van der Waals surface area contributed by atoms with E-state index in [4.69, 9.17) is 0 Å². The average Bonchev–Trinajstić information content (AvgIpc) is 3.21. The lowest BCUT2D eigenvalue weighted by Crippen LogP contribution is -2.35. The van der Waals surface area contributed by atoms with E-state index in [2.05, 4.69) is 36.5 Å². The summed E-state index contributed by atoms with van der Waals surface area (Å²) >= 11 is 3.39. The zero-order valence-electron chi connectivity index (χ0n) is 19.7. The Kier molecular flexibility index (Phi) is 7.16. The molecule has 5 aromatic rings. The number of H-pyrrole nitrogens is 1. The summed E-state index contributed by atoms with van der Waals surface area (Å²) in [6, 6.07) is 26.3. The number of aryl methyl sites for hydroxylation is 1. The number of imidazole rings is 1. The number of halogens is 1. The van der Waals surface area contributed by atoms with Crippen LogP contribution in [0.4, 0.5) is 11.4 Å². The van der Waals surface area contributed by atoms with E-state index in [1.807, 2.05) is 42.5 Å². The Bertz CT molecular complexity index is 1670. The normalized spacial score (nSPS) is 11.7. The fourth-order valence-corrected chi connectivity index (χ4v) is 4.33. The van der Waals surface area contributed by atoms with Crippen LogP contribution < -0.4 is 16.3 Å².